The van der Waals surface area contributed by atoms with Crippen molar-refractivity contribution in [2.24, 2.45) is 11.7 Å². The fourth-order valence-corrected chi connectivity index (χ4v) is 4.93. The van der Waals surface area contributed by atoms with Crippen LogP contribution in [0.25, 0.3) is 11.1 Å². The summed E-state index contributed by atoms with van der Waals surface area (Å²) >= 11 is 0. The molecule has 0 aliphatic heterocycles. The fourth-order valence-electron chi connectivity index (χ4n) is 3.50. The fraction of sp³-hybridized carbons (Fsp3) is 0.231. The van der Waals surface area contributed by atoms with Gasteiger partial charge >= 0.3 is 0 Å². The van der Waals surface area contributed by atoms with Gasteiger partial charge in [-0.15, -0.1) is 0 Å². The average molecular weight is 478 g/mol. The molecule has 0 saturated heterocycles. The quantitative estimate of drug-likeness (QED) is 0.443. The number of primary amides is 1. The van der Waals surface area contributed by atoms with E-state index < -0.39 is 22.5 Å². The van der Waals surface area contributed by atoms with Crippen LogP contribution in [-0.4, -0.2) is 25.3 Å². The second kappa shape index (κ2) is 11.1. The van der Waals surface area contributed by atoms with E-state index in [9.17, 15) is 13.2 Å². The number of amides is 1. The number of hydrogen-bond donors (Lipinski definition) is 1. The Kier molecular flexibility index (Phi) is 8.18. The van der Waals surface area contributed by atoms with Gasteiger partial charge in [-0.2, -0.15) is 5.26 Å². The zero-order valence-electron chi connectivity index (χ0n) is 19.1. The number of sulfonamides is 1. The first-order chi connectivity index (χ1) is 16.2. The molecule has 1 amide bonds. The monoisotopic (exact) mass is 477 g/mol. The molecule has 0 saturated carbocycles. The first-order valence-electron chi connectivity index (χ1n) is 10.8. The SMILES string of the molecule is CC(C)Cc1cc(-c2ccc(C#N)cc2)ccc1S(=O)(=O)N(CC(N)=O)OCc1ccccc1. The predicted molar refractivity (Wildman–Crippen MR) is 129 cm³/mol. The van der Waals surface area contributed by atoms with Crippen LogP contribution >= 0.6 is 0 Å². The molecule has 176 valence electrons. The summed E-state index contributed by atoms with van der Waals surface area (Å²) in [4.78, 5) is 17.3. The molecule has 0 aliphatic carbocycles. The summed E-state index contributed by atoms with van der Waals surface area (Å²) in [5.41, 5.74) is 8.93. The molecule has 7 nitrogen and oxygen atoms in total. The number of nitrogens with zero attached hydrogens (tertiary/aromatic N) is 2. The van der Waals surface area contributed by atoms with Crippen LogP contribution in [0.15, 0.2) is 77.7 Å². The van der Waals surface area contributed by atoms with Crippen LogP contribution < -0.4 is 5.73 Å². The molecule has 34 heavy (non-hydrogen) atoms. The minimum atomic E-state index is -4.18. The van der Waals surface area contributed by atoms with Gasteiger partial charge in [0.15, 0.2) is 0 Å². The van der Waals surface area contributed by atoms with Crippen molar-refractivity contribution < 1.29 is 18.0 Å². The zero-order valence-corrected chi connectivity index (χ0v) is 20.0. The minimum Gasteiger partial charge on any atom is -0.368 e. The predicted octanol–water partition coefficient (Wildman–Crippen LogP) is 4.03. The van der Waals surface area contributed by atoms with Crippen LogP contribution in [0, 0.1) is 17.2 Å². The smallest absolute Gasteiger partial charge is 0.265 e. The Labute approximate surface area is 200 Å². The van der Waals surface area contributed by atoms with Crippen LogP contribution in [-0.2, 0) is 32.7 Å². The highest BCUT2D eigenvalue weighted by Gasteiger charge is 2.30. The van der Waals surface area contributed by atoms with Crippen molar-refractivity contribution in [1.29, 1.82) is 5.26 Å². The number of hydrogen-bond acceptors (Lipinski definition) is 5. The van der Waals surface area contributed by atoms with Crippen LogP contribution in [0.1, 0.15) is 30.5 Å². The molecule has 0 spiro atoms. The van der Waals surface area contributed by atoms with Crippen molar-refractivity contribution in [2.75, 3.05) is 6.54 Å². The van der Waals surface area contributed by atoms with Gasteiger partial charge in [0, 0.05) is 0 Å². The Morgan fingerprint density at radius 3 is 2.26 bits per heavy atom. The molecule has 0 unspecified atom stereocenters. The van der Waals surface area contributed by atoms with E-state index in [0.29, 0.717) is 22.0 Å². The second-order valence-electron chi connectivity index (χ2n) is 8.30. The standard InChI is InChI=1S/C26H27N3O4S/c1-19(2)14-24-15-23(22-10-8-20(16-27)9-11-22)12-13-25(24)34(31,32)29(17-26(28)30)33-18-21-6-4-3-5-7-21/h3-13,15,19H,14,17-18H2,1-2H3,(H2,28,30). The van der Waals surface area contributed by atoms with Crippen LogP contribution in [0.3, 0.4) is 0 Å². The number of nitrogens with two attached hydrogens (primary N) is 1. The maximum Gasteiger partial charge on any atom is 0.265 e. The van der Waals surface area contributed by atoms with Crippen molar-refractivity contribution in [3.8, 4) is 17.2 Å². The summed E-state index contributed by atoms with van der Waals surface area (Å²) in [7, 11) is -4.18. The molecule has 3 aromatic carbocycles. The van der Waals surface area contributed by atoms with E-state index in [2.05, 4.69) is 6.07 Å². The minimum absolute atomic E-state index is 0.0316. The number of benzene rings is 3. The van der Waals surface area contributed by atoms with Gasteiger partial charge in [-0.25, -0.2) is 8.42 Å². The Balaban J connectivity index is 2.00. The topological polar surface area (TPSA) is 113 Å². The molecule has 8 heteroatoms. The summed E-state index contributed by atoms with van der Waals surface area (Å²) in [6.07, 6.45) is 0.502. The zero-order chi connectivity index (χ0) is 24.7. The van der Waals surface area contributed by atoms with E-state index in [0.717, 1.165) is 16.7 Å². The molecular formula is C26H27N3O4S. The Bertz CT molecular complexity index is 1280. The van der Waals surface area contributed by atoms with Gasteiger partial charge in [0.05, 0.1) is 23.1 Å². The van der Waals surface area contributed by atoms with E-state index in [4.69, 9.17) is 15.8 Å². The molecule has 2 N–H and O–H groups in total. The number of hydroxylamine groups is 1. The maximum atomic E-state index is 13.6. The second-order valence-corrected chi connectivity index (χ2v) is 10.1. The van der Waals surface area contributed by atoms with E-state index >= 15 is 0 Å². The first kappa shape index (κ1) is 25.1. The van der Waals surface area contributed by atoms with Crippen LogP contribution in [0.4, 0.5) is 0 Å². The largest absolute Gasteiger partial charge is 0.368 e. The van der Waals surface area contributed by atoms with Gasteiger partial charge in [0.1, 0.15) is 6.54 Å². The molecule has 3 aromatic rings. The molecule has 0 bridgehead atoms. The van der Waals surface area contributed by atoms with E-state index in [1.54, 1.807) is 30.3 Å². The summed E-state index contributed by atoms with van der Waals surface area (Å²) in [5, 5.41) is 9.03. The summed E-state index contributed by atoms with van der Waals surface area (Å²) in [5.74, 6) is -0.642. The lowest BCUT2D eigenvalue weighted by Gasteiger charge is -2.23. The number of carbonyl (C=O) groups is 1. The molecule has 0 aliphatic rings. The van der Waals surface area contributed by atoms with E-state index in [1.165, 1.54) is 6.07 Å². The number of carbonyl (C=O) groups excluding carboxylic acids is 1. The van der Waals surface area contributed by atoms with E-state index in [1.807, 2.05) is 50.2 Å². The van der Waals surface area contributed by atoms with Crippen molar-refractivity contribution in [1.82, 2.24) is 4.47 Å². The molecule has 3 rings (SSSR count). The highest BCUT2D eigenvalue weighted by molar-refractivity contribution is 7.89. The molecule has 0 radical (unpaired) electrons. The Hall–Kier alpha value is -3.51. The molecule has 0 atom stereocenters. The van der Waals surface area contributed by atoms with Crippen molar-refractivity contribution in [3.63, 3.8) is 0 Å². The lowest BCUT2D eigenvalue weighted by molar-refractivity contribution is -0.133. The molecular weight excluding hydrogens is 450 g/mol. The highest BCUT2D eigenvalue weighted by atomic mass is 32.2. The first-order valence-corrected chi connectivity index (χ1v) is 12.3. The van der Waals surface area contributed by atoms with Gasteiger partial charge in [-0.05, 0) is 58.9 Å². The van der Waals surface area contributed by atoms with Crippen molar-refractivity contribution in [3.05, 3.63) is 89.5 Å². The van der Waals surface area contributed by atoms with Gasteiger partial charge in [0.2, 0.25) is 5.91 Å². The molecule has 0 heterocycles. The third-order valence-corrected chi connectivity index (χ3v) is 6.81. The van der Waals surface area contributed by atoms with Crippen molar-refractivity contribution >= 4 is 15.9 Å². The van der Waals surface area contributed by atoms with Gasteiger partial charge in [0.25, 0.3) is 10.0 Å². The third-order valence-electron chi connectivity index (χ3n) is 5.08. The Morgan fingerprint density at radius 1 is 1.03 bits per heavy atom. The average Bonchev–Trinajstić information content (AvgIpc) is 2.81. The lowest BCUT2D eigenvalue weighted by atomic mass is 9.97. The van der Waals surface area contributed by atoms with Crippen molar-refractivity contribution in [2.45, 2.75) is 31.8 Å². The summed E-state index contributed by atoms with van der Waals surface area (Å²) < 4.78 is 27.8. The Morgan fingerprint density at radius 2 is 1.68 bits per heavy atom. The maximum absolute atomic E-state index is 13.6. The van der Waals surface area contributed by atoms with Crippen LogP contribution in [0.5, 0.6) is 0 Å². The van der Waals surface area contributed by atoms with Gasteiger partial charge in [-0.1, -0.05) is 66.8 Å². The molecule has 0 aromatic heterocycles. The number of rotatable bonds is 10. The third kappa shape index (κ3) is 6.29. The molecule has 0 fully saturated rings. The van der Waals surface area contributed by atoms with Crippen LogP contribution in [0.2, 0.25) is 0 Å². The van der Waals surface area contributed by atoms with E-state index in [-0.39, 0.29) is 17.4 Å². The van der Waals surface area contributed by atoms with Gasteiger partial charge < -0.3 is 5.73 Å². The summed E-state index contributed by atoms with van der Waals surface area (Å²) in [6, 6.07) is 23.3. The summed E-state index contributed by atoms with van der Waals surface area (Å²) in [6.45, 7) is 3.36. The lowest BCUT2D eigenvalue weighted by Crippen LogP contribution is -2.38. The normalized spacial score (nSPS) is 11.5. The number of nitriles is 1. The van der Waals surface area contributed by atoms with Gasteiger partial charge in [-0.3, -0.25) is 9.63 Å². The highest BCUT2D eigenvalue weighted by Crippen LogP contribution is 2.29.